The zero-order valence-corrected chi connectivity index (χ0v) is 10.3. The molecular weight excluding hydrogens is 216 g/mol. The maximum atomic E-state index is 12.1. The van der Waals surface area contributed by atoms with Crippen LogP contribution in [0.1, 0.15) is 16.8 Å². The molecule has 92 valence electrons. The number of rotatable bonds is 4. The smallest absolute Gasteiger partial charge is 0.253 e. The van der Waals surface area contributed by atoms with Crippen LogP contribution in [0.2, 0.25) is 0 Å². The Balaban J connectivity index is 2.01. The second-order valence-electron chi connectivity index (χ2n) is 4.36. The van der Waals surface area contributed by atoms with Gasteiger partial charge in [-0.25, -0.2) is 0 Å². The Labute approximate surface area is 102 Å². The zero-order valence-electron chi connectivity index (χ0n) is 10.3. The van der Waals surface area contributed by atoms with Gasteiger partial charge in [-0.05, 0) is 31.2 Å². The summed E-state index contributed by atoms with van der Waals surface area (Å²) in [4.78, 5) is 13.9. The van der Waals surface area contributed by atoms with Gasteiger partial charge in [0, 0.05) is 25.2 Å². The van der Waals surface area contributed by atoms with E-state index in [0.717, 1.165) is 19.5 Å². The SMILES string of the molecule is COc1cccc(C(=O)N(C)CC2CCN2)c1. The molecule has 1 atom stereocenters. The van der Waals surface area contributed by atoms with Crippen molar-refractivity contribution in [2.24, 2.45) is 0 Å². The molecule has 0 spiro atoms. The summed E-state index contributed by atoms with van der Waals surface area (Å²) in [5.74, 6) is 0.753. The fraction of sp³-hybridized carbons (Fsp3) is 0.462. The van der Waals surface area contributed by atoms with Gasteiger partial charge in [0.15, 0.2) is 0 Å². The van der Waals surface area contributed by atoms with Gasteiger partial charge < -0.3 is 15.0 Å². The van der Waals surface area contributed by atoms with Crippen molar-refractivity contribution in [2.75, 3.05) is 27.2 Å². The fourth-order valence-corrected chi connectivity index (χ4v) is 1.89. The lowest BCUT2D eigenvalue weighted by atomic mass is 10.1. The number of benzene rings is 1. The molecular formula is C13H18N2O2. The Morgan fingerprint density at radius 3 is 2.94 bits per heavy atom. The number of hydrogen-bond donors (Lipinski definition) is 1. The van der Waals surface area contributed by atoms with Crippen LogP contribution < -0.4 is 10.1 Å². The molecule has 0 aromatic heterocycles. The third kappa shape index (κ3) is 2.77. The van der Waals surface area contributed by atoms with Crippen LogP contribution >= 0.6 is 0 Å². The average Bonchev–Trinajstić information content (AvgIpc) is 2.32. The lowest BCUT2D eigenvalue weighted by molar-refractivity contribution is 0.0766. The number of carbonyl (C=O) groups excluding carboxylic acids is 1. The number of amides is 1. The van der Waals surface area contributed by atoms with E-state index in [0.29, 0.717) is 17.4 Å². The van der Waals surface area contributed by atoms with E-state index in [1.165, 1.54) is 0 Å². The molecule has 1 aromatic rings. The summed E-state index contributed by atoms with van der Waals surface area (Å²) in [6.45, 7) is 1.82. The van der Waals surface area contributed by atoms with Gasteiger partial charge >= 0.3 is 0 Å². The predicted octanol–water partition coefficient (Wildman–Crippen LogP) is 1.13. The second kappa shape index (κ2) is 5.19. The quantitative estimate of drug-likeness (QED) is 0.849. The Hall–Kier alpha value is -1.55. The van der Waals surface area contributed by atoms with Crippen molar-refractivity contribution < 1.29 is 9.53 Å². The van der Waals surface area contributed by atoms with Gasteiger partial charge in [0.2, 0.25) is 0 Å². The summed E-state index contributed by atoms with van der Waals surface area (Å²) in [7, 11) is 3.44. The lowest BCUT2D eigenvalue weighted by Crippen LogP contribution is -2.50. The standard InChI is InChI=1S/C13H18N2O2/c1-15(9-11-6-7-14-11)13(16)10-4-3-5-12(8-10)17-2/h3-5,8,11,14H,6-7,9H2,1-2H3. The number of hydrogen-bond acceptors (Lipinski definition) is 3. The van der Waals surface area contributed by atoms with Gasteiger partial charge in [0.1, 0.15) is 5.75 Å². The summed E-state index contributed by atoms with van der Waals surface area (Å²) in [6, 6.07) is 7.71. The first-order valence-electron chi connectivity index (χ1n) is 5.83. The average molecular weight is 234 g/mol. The minimum absolute atomic E-state index is 0.0394. The van der Waals surface area contributed by atoms with Crippen molar-refractivity contribution in [2.45, 2.75) is 12.5 Å². The molecule has 0 saturated carbocycles. The van der Waals surface area contributed by atoms with Crippen LogP contribution in [0.3, 0.4) is 0 Å². The van der Waals surface area contributed by atoms with E-state index in [-0.39, 0.29) is 5.91 Å². The van der Waals surface area contributed by atoms with Crippen molar-refractivity contribution in [1.82, 2.24) is 10.2 Å². The van der Waals surface area contributed by atoms with Gasteiger partial charge in [-0.2, -0.15) is 0 Å². The zero-order chi connectivity index (χ0) is 12.3. The molecule has 1 saturated heterocycles. The Kier molecular flexibility index (Phi) is 3.64. The van der Waals surface area contributed by atoms with Crippen LogP contribution in [-0.2, 0) is 0 Å². The van der Waals surface area contributed by atoms with E-state index in [1.54, 1.807) is 18.1 Å². The number of ether oxygens (including phenoxy) is 1. The molecule has 0 bridgehead atoms. The van der Waals surface area contributed by atoms with E-state index in [4.69, 9.17) is 4.74 Å². The molecule has 17 heavy (non-hydrogen) atoms. The second-order valence-corrected chi connectivity index (χ2v) is 4.36. The lowest BCUT2D eigenvalue weighted by Gasteiger charge is -2.31. The fourth-order valence-electron chi connectivity index (χ4n) is 1.89. The monoisotopic (exact) mass is 234 g/mol. The Morgan fingerprint density at radius 1 is 1.59 bits per heavy atom. The Bertz CT molecular complexity index is 402. The van der Waals surface area contributed by atoms with Crippen LogP contribution in [0.15, 0.2) is 24.3 Å². The van der Waals surface area contributed by atoms with Crippen molar-refractivity contribution in [3.8, 4) is 5.75 Å². The molecule has 1 aromatic carbocycles. The molecule has 4 heteroatoms. The maximum Gasteiger partial charge on any atom is 0.253 e. The molecule has 1 aliphatic rings. The Morgan fingerprint density at radius 2 is 2.35 bits per heavy atom. The third-order valence-electron chi connectivity index (χ3n) is 3.08. The third-order valence-corrected chi connectivity index (χ3v) is 3.08. The summed E-state index contributed by atoms with van der Waals surface area (Å²) in [5, 5.41) is 3.29. The van der Waals surface area contributed by atoms with E-state index in [2.05, 4.69) is 5.32 Å². The molecule has 1 amide bonds. The van der Waals surface area contributed by atoms with Crippen molar-refractivity contribution in [3.63, 3.8) is 0 Å². The summed E-state index contributed by atoms with van der Waals surface area (Å²) in [6.07, 6.45) is 1.15. The molecule has 0 radical (unpaired) electrons. The topological polar surface area (TPSA) is 41.6 Å². The van der Waals surface area contributed by atoms with Gasteiger partial charge in [-0.1, -0.05) is 6.07 Å². The van der Waals surface area contributed by atoms with Crippen LogP contribution in [0.5, 0.6) is 5.75 Å². The van der Waals surface area contributed by atoms with E-state index >= 15 is 0 Å². The molecule has 0 aliphatic carbocycles. The molecule has 1 heterocycles. The number of carbonyl (C=O) groups is 1. The van der Waals surface area contributed by atoms with E-state index < -0.39 is 0 Å². The predicted molar refractivity (Wildman–Crippen MR) is 66.4 cm³/mol. The molecule has 1 aliphatic heterocycles. The first-order chi connectivity index (χ1) is 8.20. The van der Waals surface area contributed by atoms with Crippen LogP contribution in [0, 0.1) is 0 Å². The van der Waals surface area contributed by atoms with E-state index in [1.807, 2.05) is 25.2 Å². The molecule has 1 fully saturated rings. The maximum absolute atomic E-state index is 12.1. The highest BCUT2D eigenvalue weighted by atomic mass is 16.5. The number of nitrogens with zero attached hydrogens (tertiary/aromatic N) is 1. The highest BCUT2D eigenvalue weighted by molar-refractivity contribution is 5.94. The molecule has 4 nitrogen and oxygen atoms in total. The van der Waals surface area contributed by atoms with Crippen LogP contribution in [0.25, 0.3) is 0 Å². The highest BCUT2D eigenvalue weighted by Gasteiger charge is 2.21. The van der Waals surface area contributed by atoms with Crippen molar-refractivity contribution >= 4 is 5.91 Å². The summed E-state index contributed by atoms with van der Waals surface area (Å²) < 4.78 is 5.12. The molecule has 1 N–H and O–H groups in total. The first kappa shape index (κ1) is 11.9. The minimum Gasteiger partial charge on any atom is -0.497 e. The summed E-state index contributed by atoms with van der Waals surface area (Å²) >= 11 is 0. The minimum atomic E-state index is 0.0394. The van der Waals surface area contributed by atoms with Gasteiger partial charge in [-0.15, -0.1) is 0 Å². The normalized spacial score (nSPS) is 18.4. The van der Waals surface area contributed by atoms with Gasteiger partial charge in [0.05, 0.1) is 7.11 Å². The van der Waals surface area contributed by atoms with Crippen molar-refractivity contribution in [1.29, 1.82) is 0 Å². The van der Waals surface area contributed by atoms with Gasteiger partial charge in [-0.3, -0.25) is 4.79 Å². The number of methoxy groups -OCH3 is 1. The largest absolute Gasteiger partial charge is 0.497 e. The number of likely N-dealkylation sites (N-methyl/N-ethyl adjacent to an activating group) is 1. The summed E-state index contributed by atoms with van der Waals surface area (Å²) in [5.41, 5.74) is 0.672. The first-order valence-corrected chi connectivity index (χ1v) is 5.83. The van der Waals surface area contributed by atoms with Gasteiger partial charge in [0.25, 0.3) is 5.91 Å². The number of nitrogens with one attached hydrogen (secondary N) is 1. The van der Waals surface area contributed by atoms with E-state index in [9.17, 15) is 4.79 Å². The molecule has 2 rings (SSSR count). The molecule has 1 unspecified atom stereocenters. The van der Waals surface area contributed by atoms with Crippen LogP contribution in [0.4, 0.5) is 0 Å². The van der Waals surface area contributed by atoms with Crippen molar-refractivity contribution in [3.05, 3.63) is 29.8 Å². The van der Waals surface area contributed by atoms with Crippen LogP contribution in [-0.4, -0.2) is 44.1 Å². The highest BCUT2D eigenvalue weighted by Crippen LogP contribution is 2.14.